The second kappa shape index (κ2) is 8.56. The molecular formula is C28H35BN3O4+. The highest BCUT2D eigenvalue weighted by molar-refractivity contribution is 6.62. The van der Waals surface area contributed by atoms with Gasteiger partial charge in [0.1, 0.15) is 5.60 Å². The van der Waals surface area contributed by atoms with Crippen LogP contribution in [0.15, 0.2) is 42.6 Å². The van der Waals surface area contributed by atoms with Crippen molar-refractivity contribution in [1.82, 2.24) is 9.97 Å². The van der Waals surface area contributed by atoms with Crippen molar-refractivity contribution in [2.24, 2.45) is 0 Å². The third-order valence-corrected chi connectivity index (χ3v) is 7.32. The van der Waals surface area contributed by atoms with Gasteiger partial charge in [0.2, 0.25) is 6.04 Å². The van der Waals surface area contributed by atoms with Crippen molar-refractivity contribution in [1.29, 1.82) is 0 Å². The van der Waals surface area contributed by atoms with Gasteiger partial charge >= 0.3 is 13.2 Å². The minimum absolute atomic E-state index is 0.156. The molecule has 2 aromatic carbocycles. The van der Waals surface area contributed by atoms with E-state index < -0.39 is 5.60 Å². The summed E-state index contributed by atoms with van der Waals surface area (Å²) in [6, 6.07) is 12.5. The van der Waals surface area contributed by atoms with E-state index in [2.05, 4.69) is 74.1 Å². The average Bonchev–Trinajstić information content (AvgIpc) is 3.49. The molecule has 2 aliphatic rings. The largest absolute Gasteiger partial charge is 0.597 e. The molecule has 1 amide bonds. The molecule has 188 valence electrons. The number of rotatable bonds is 3. The van der Waals surface area contributed by atoms with Crippen LogP contribution in [0.5, 0.6) is 0 Å². The second-order valence-corrected chi connectivity index (χ2v) is 11.8. The van der Waals surface area contributed by atoms with Crippen LogP contribution in [0.25, 0.3) is 22.0 Å². The number of fused-ring (bicyclic) bond motifs is 1. The lowest BCUT2D eigenvalue weighted by Crippen LogP contribution is -2.41. The minimum Gasteiger partial charge on any atom is -0.406 e. The summed E-state index contributed by atoms with van der Waals surface area (Å²) in [6.45, 7) is 13.9. The first-order valence-corrected chi connectivity index (χ1v) is 12.6. The van der Waals surface area contributed by atoms with Gasteiger partial charge in [-0.3, -0.25) is 0 Å². The first-order chi connectivity index (χ1) is 16.8. The van der Waals surface area contributed by atoms with Crippen molar-refractivity contribution in [3.8, 4) is 11.3 Å². The molecule has 2 aliphatic heterocycles. The monoisotopic (exact) mass is 488 g/mol. The number of aromatic nitrogens is 2. The molecule has 0 bridgehead atoms. The Morgan fingerprint density at radius 3 is 2.44 bits per heavy atom. The molecule has 0 radical (unpaired) electrons. The zero-order chi connectivity index (χ0) is 25.9. The fraction of sp³-hybridized carbons (Fsp3) is 0.464. The van der Waals surface area contributed by atoms with Crippen LogP contribution in [0, 0.1) is 0 Å². The number of ether oxygens (including phenoxy) is 1. The number of nitrogens with one attached hydrogen (secondary N) is 1. The summed E-state index contributed by atoms with van der Waals surface area (Å²) in [4.78, 5) is 20.7. The predicted molar refractivity (Wildman–Crippen MR) is 142 cm³/mol. The van der Waals surface area contributed by atoms with Crippen LogP contribution in [0.3, 0.4) is 0 Å². The lowest BCUT2D eigenvalue weighted by molar-refractivity contribution is -0.486. The van der Waals surface area contributed by atoms with E-state index in [0.717, 1.165) is 46.2 Å². The molecule has 5 rings (SSSR count). The molecule has 3 heterocycles. The van der Waals surface area contributed by atoms with Gasteiger partial charge in [0.15, 0.2) is 12.0 Å². The van der Waals surface area contributed by atoms with Gasteiger partial charge in [0.05, 0.1) is 23.1 Å². The van der Waals surface area contributed by atoms with E-state index in [1.54, 1.807) is 4.58 Å². The van der Waals surface area contributed by atoms with Crippen LogP contribution in [0.1, 0.15) is 73.2 Å². The van der Waals surface area contributed by atoms with Crippen LogP contribution in [0.2, 0.25) is 0 Å². The van der Waals surface area contributed by atoms with Gasteiger partial charge in [-0.2, -0.15) is 4.79 Å². The van der Waals surface area contributed by atoms with E-state index in [0.29, 0.717) is 0 Å². The predicted octanol–water partition coefficient (Wildman–Crippen LogP) is 5.38. The maximum Gasteiger partial charge on any atom is 0.597 e. The number of benzene rings is 2. The third kappa shape index (κ3) is 4.60. The average molecular weight is 488 g/mol. The Kier molecular flexibility index (Phi) is 5.88. The van der Waals surface area contributed by atoms with E-state index in [4.69, 9.17) is 14.0 Å². The number of imidazole rings is 1. The molecule has 0 unspecified atom stereocenters. The summed E-state index contributed by atoms with van der Waals surface area (Å²) in [5.41, 5.74) is 1.68. The smallest absolute Gasteiger partial charge is 0.406 e. The van der Waals surface area contributed by atoms with Crippen LogP contribution in [0.4, 0.5) is 4.79 Å². The number of aromatic amines is 1. The van der Waals surface area contributed by atoms with Crippen molar-refractivity contribution in [3.63, 3.8) is 0 Å². The zero-order valence-corrected chi connectivity index (χ0v) is 22.2. The number of carbonyl (C=O) groups excluding carboxylic acids is 1. The molecule has 1 fully saturated rings. The van der Waals surface area contributed by atoms with Gasteiger partial charge in [0.25, 0.3) is 0 Å². The molecule has 7 nitrogen and oxygen atoms in total. The van der Waals surface area contributed by atoms with Crippen LogP contribution in [-0.2, 0) is 14.0 Å². The zero-order valence-electron chi connectivity index (χ0n) is 22.2. The summed E-state index contributed by atoms with van der Waals surface area (Å²) in [7, 11) is -0.384. The lowest BCUT2D eigenvalue weighted by atomic mass is 9.78. The van der Waals surface area contributed by atoms with E-state index >= 15 is 0 Å². The Morgan fingerprint density at radius 1 is 1.08 bits per heavy atom. The fourth-order valence-electron chi connectivity index (χ4n) is 4.63. The van der Waals surface area contributed by atoms with E-state index in [1.165, 1.54) is 0 Å². The van der Waals surface area contributed by atoms with Crippen molar-refractivity contribution < 1.29 is 23.4 Å². The molecule has 1 N–H and O–H groups in total. The molecule has 8 heteroatoms. The highest BCUT2D eigenvalue weighted by atomic mass is 16.7. The van der Waals surface area contributed by atoms with Gasteiger partial charge in [-0.1, -0.05) is 30.3 Å². The van der Waals surface area contributed by atoms with Gasteiger partial charge in [-0.25, -0.2) is 4.98 Å². The quantitative estimate of drug-likeness (QED) is 0.396. The molecule has 3 aromatic rings. The standard InChI is InChI=1S/C28H35BN3O4/c1-26(2,3)34-25(33)32-14-8-9-23(32)24-30-17-22(31-24)20-11-10-19-16-21(13-12-18(19)15-20)29-35-27(4,5)28(6,7)36-29/h10-17,23H,8-9H2,1-7H3,(H,30,31)/q+1/t23-/m0/s1. The number of hydrogen-bond donors (Lipinski definition) is 1. The fourth-order valence-corrected chi connectivity index (χ4v) is 4.63. The number of nitrogens with zero attached hydrogens (tertiary/aromatic N) is 2. The molecule has 1 aromatic heterocycles. The summed E-state index contributed by atoms with van der Waals surface area (Å²) >= 11 is 0. The lowest BCUT2D eigenvalue weighted by Gasteiger charge is -2.32. The Bertz CT molecular complexity index is 1340. The number of hydrogen-bond acceptors (Lipinski definition) is 5. The van der Waals surface area contributed by atoms with Crippen LogP contribution in [-0.4, -0.2) is 50.8 Å². The Balaban J connectivity index is 1.36. The topological polar surface area (TPSA) is 76.5 Å². The van der Waals surface area contributed by atoms with Crippen molar-refractivity contribution >= 4 is 35.7 Å². The summed E-state index contributed by atoms with van der Waals surface area (Å²) in [5.74, 6) is 0.765. The third-order valence-electron chi connectivity index (χ3n) is 7.32. The SMILES string of the molecule is CC(C)(C)OC(=O)[N+]1=CCC[C@H]1c1ncc(-c2ccc3cc(B4OC(C)(C)C(C)(C)O4)ccc3c2)[nH]1. The molecule has 1 saturated heterocycles. The van der Waals surface area contributed by atoms with E-state index in [1.807, 2.05) is 33.2 Å². The second-order valence-electron chi connectivity index (χ2n) is 11.8. The summed E-state index contributed by atoms with van der Waals surface area (Å²) < 4.78 is 19.7. The highest BCUT2D eigenvalue weighted by Gasteiger charge is 2.51. The molecule has 36 heavy (non-hydrogen) atoms. The van der Waals surface area contributed by atoms with Gasteiger partial charge in [-0.05, 0) is 70.8 Å². The van der Waals surface area contributed by atoms with Crippen molar-refractivity contribution in [2.45, 2.75) is 84.2 Å². The van der Waals surface area contributed by atoms with Crippen LogP contribution >= 0.6 is 0 Å². The van der Waals surface area contributed by atoms with Gasteiger partial charge < -0.3 is 19.0 Å². The number of amides is 1. The highest BCUT2D eigenvalue weighted by Crippen LogP contribution is 2.37. The van der Waals surface area contributed by atoms with Gasteiger partial charge in [-0.15, -0.1) is 4.58 Å². The van der Waals surface area contributed by atoms with E-state index in [-0.39, 0.29) is 30.5 Å². The molecular weight excluding hydrogens is 453 g/mol. The van der Waals surface area contributed by atoms with E-state index in [9.17, 15) is 4.79 Å². The van der Waals surface area contributed by atoms with Gasteiger partial charge in [0, 0.05) is 18.4 Å². The summed E-state index contributed by atoms with van der Waals surface area (Å²) in [6.07, 6.45) is 5.01. The Morgan fingerprint density at radius 2 is 1.75 bits per heavy atom. The first kappa shape index (κ1) is 24.7. The van der Waals surface area contributed by atoms with Crippen molar-refractivity contribution in [3.05, 3.63) is 48.4 Å². The maximum absolute atomic E-state index is 12.7. The first-order valence-electron chi connectivity index (χ1n) is 12.6. The molecule has 0 spiro atoms. The normalized spacial score (nSPS) is 21.1. The van der Waals surface area contributed by atoms with Crippen molar-refractivity contribution in [2.75, 3.05) is 0 Å². The maximum atomic E-state index is 12.7. The molecule has 0 saturated carbocycles. The molecule has 0 aliphatic carbocycles. The number of H-pyrrole nitrogens is 1. The Labute approximate surface area is 213 Å². The number of carbonyl (C=O) groups is 1. The van der Waals surface area contributed by atoms with Crippen LogP contribution < -0.4 is 5.46 Å². The summed E-state index contributed by atoms with van der Waals surface area (Å²) in [5, 5.41) is 2.24. The Hall–Kier alpha value is -2.97. The molecule has 1 atom stereocenters. The minimum atomic E-state index is -0.542.